The Morgan fingerprint density at radius 2 is 1.90 bits per heavy atom. The van der Waals surface area contributed by atoms with Gasteiger partial charge in [-0.05, 0) is 12.1 Å². The van der Waals surface area contributed by atoms with Crippen molar-refractivity contribution in [2.75, 3.05) is 5.73 Å². The van der Waals surface area contributed by atoms with Gasteiger partial charge in [0.25, 0.3) is 0 Å². The Balaban J connectivity index is 2.73. The summed E-state index contributed by atoms with van der Waals surface area (Å²) in [6.07, 6.45) is -3.48. The van der Waals surface area contributed by atoms with E-state index in [4.69, 9.17) is 10.8 Å². The number of alkyl halides is 3. The Hall–Kier alpha value is -2.57. The lowest BCUT2D eigenvalue weighted by Crippen LogP contribution is -2.10. The molecule has 0 saturated heterocycles. The van der Waals surface area contributed by atoms with Crippen LogP contribution >= 0.6 is 0 Å². The summed E-state index contributed by atoms with van der Waals surface area (Å²) in [6, 6.07) is 5.74. The van der Waals surface area contributed by atoms with Crippen LogP contribution in [0.3, 0.4) is 0 Å². The molecule has 0 atom stereocenters. The first-order valence-electron chi connectivity index (χ1n) is 5.46. The summed E-state index contributed by atoms with van der Waals surface area (Å²) in [6.45, 7) is 0. The maximum absolute atomic E-state index is 12.9. The Labute approximate surface area is 111 Å². The molecule has 0 aliphatic carbocycles. The van der Waals surface area contributed by atoms with Gasteiger partial charge >= 0.3 is 12.1 Å². The summed E-state index contributed by atoms with van der Waals surface area (Å²) in [7, 11) is 0. The highest BCUT2D eigenvalue weighted by atomic mass is 19.4. The van der Waals surface area contributed by atoms with E-state index in [0.29, 0.717) is 0 Å². The Morgan fingerprint density at radius 1 is 1.25 bits per heavy atom. The van der Waals surface area contributed by atoms with E-state index >= 15 is 0 Å². The van der Waals surface area contributed by atoms with Gasteiger partial charge < -0.3 is 10.8 Å². The highest BCUT2D eigenvalue weighted by Crippen LogP contribution is 2.37. The number of benzene rings is 1. The molecule has 20 heavy (non-hydrogen) atoms. The average molecular weight is 282 g/mol. The number of aromatic carboxylic acids is 1. The smallest absolute Gasteiger partial charge is 0.417 e. The van der Waals surface area contributed by atoms with Crippen molar-refractivity contribution in [1.82, 2.24) is 4.98 Å². The fourth-order valence-electron chi connectivity index (χ4n) is 1.80. The van der Waals surface area contributed by atoms with Crippen molar-refractivity contribution in [3.05, 3.63) is 47.7 Å². The zero-order valence-electron chi connectivity index (χ0n) is 9.98. The fourth-order valence-corrected chi connectivity index (χ4v) is 1.80. The second kappa shape index (κ2) is 4.84. The number of anilines is 1. The van der Waals surface area contributed by atoms with Crippen LogP contribution in [0, 0.1) is 0 Å². The molecule has 1 aromatic carbocycles. The molecule has 1 aromatic heterocycles. The van der Waals surface area contributed by atoms with Crippen LogP contribution < -0.4 is 5.73 Å². The van der Waals surface area contributed by atoms with Crippen LogP contribution in [-0.4, -0.2) is 16.1 Å². The van der Waals surface area contributed by atoms with Crippen LogP contribution in [0.1, 0.15) is 15.9 Å². The number of carboxylic acids is 1. The van der Waals surface area contributed by atoms with E-state index in [1.54, 1.807) is 0 Å². The van der Waals surface area contributed by atoms with Crippen LogP contribution in [0.5, 0.6) is 0 Å². The van der Waals surface area contributed by atoms with E-state index in [9.17, 15) is 18.0 Å². The van der Waals surface area contributed by atoms with Gasteiger partial charge in [0.1, 0.15) is 0 Å². The van der Waals surface area contributed by atoms with Gasteiger partial charge in [0.15, 0.2) is 0 Å². The molecule has 7 heteroatoms. The van der Waals surface area contributed by atoms with Crippen molar-refractivity contribution in [1.29, 1.82) is 0 Å². The summed E-state index contributed by atoms with van der Waals surface area (Å²) < 4.78 is 38.8. The predicted octanol–water partition coefficient (Wildman–Crippen LogP) is 3.05. The third kappa shape index (κ3) is 2.56. The van der Waals surface area contributed by atoms with Crippen molar-refractivity contribution >= 4 is 11.7 Å². The molecule has 2 rings (SSSR count). The van der Waals surface area contributed by atoms with Gasteiger partial charge in [-0.3, -0.25) is 4.98 Å². The maximum Gasteiger partial charge on any atom is 0.417 e. The SMILES string of the molecule is Nc1cnc(-c2ccccc2C(F)(F)F)c(C(=O)O)c1. The van der Waals surface area contributed by atoms with Crippen LogP contribution in [0.25, 0.3) is 11.3 Å². The predicted molar refractivity (Wildman–Crippen MR) is 66.0 cm³/mol. The lowest BCUT2D eigenvalue weighted by molar-refractivity contribution is -0.137. The molecule has 4 nitrogen and oxygen atoms in total. The first-order valence-corrected chi connectivity index (χ1v) is 5.46. The number of hydrogen-bond donors (Lipinski definition) is 2. The molecule has 0 radical (unpaired) electrons. The molecule has 0 aliphatic heterocycles. The van der Waals surface area contributed by atoms with Gasteiger partial charge in [0.2, 0.25) is 0 Å². The second-order valence-electron chi connectivity index (χ2n) is 4.01. The number of halogens is 3. The maximum atomic E-state index is 12.9. The zero-order chi connectivity index (χ0) is 14.9. The molecule has 3 N–H and O–H groups in total. The van der Waals surface area contributed by atoms with Crippen LogP contribution in [0.2, 0.25) is 0 Å². The van der Waals surface area contributed by atoms with Gasteiger partial charge in [-0.1, -0.05) is 18.2 Å². The minimum absolute atomic E-state index is 0.0654. The van der Waals surface area contributed by atoms with E-state index < -0.39 is 17.7 Å². The molecular formula is C13H9F3N2O2. The van der Waals surface area contributed by atoms with E-state index in [0.717, 1.165) is 18.3 Å². The van der Waals surface area contributed by atoms with Crippen molar-refractivity contribution in [3.63, 3.8) is 0 Å². The number of carboxylic acid groups (broad SMARTS) is 1. The first kappa shape index (κ1) is 13.9. The quantitative estimate of drug-likeness (QED) is 0.887. The minimum atomic E-state index is -4.60. The normalized spacial score (nSPS) is 11.3. The van der Waals surface area contributed by atoms with E-state index in [-0.39, 0.29) is 22.5 Å². The monoisotopic (exact) mass is 282 g/mol. The zero-order valence-corrected chi connectivity index (χ0v) is 9.98. The number of nitrogens with zero attached hydrogens (tertiary/aromatic N) is 1. The Kier molecular flexibility index (Phi) is 3.35. The third-order valence-corrected chi connectivity index (χ3v) is 2.63. The van der Waals surface area contributed by atoms with Crippen molar-refractivity contribution in [2.24, 2.45) is 0 Å². The number of hydrogen-bond acceptors (Lipinski definition) is 3. The largest absolute Gasteiger partial charge is 0.478 e. The molecule has 0 bridgehead atoms. The number of rotatable bonds is 2. The van der Waals surface area contributed by atoms with Gasteiger partial charge in [-0.15, -0.1) is 0 Å². The lowest BCUT2D eigenvalue weighted by Gasteiger charge is -2.13. The van der Waals surface area contributed by atoms with E-state index in [1.807, 2.05) is 0 Å². The Morgan fingerprint density at radius 3 is 2.50 bits per heavy atom. The van der Waals surface area contributed by atoms with Crippen molar-refractivity contribution in [3.8, 4) is 11.3 Å². The van der Waals surface area contributed by atoms with Crippen molar-refractivity contribution in [2.45, 2.75) is 6.18 Å². The molecule has 0 aliphatic rings. The molecule has 0 unspecified atom stereocenters. The van der Waals surface area contributed by atoms with E-state index in [2.05, 4.69) is 4.98 Å². The average Bonchev–Trinajstić information content (AvgIpc) is 2.37. The number of nitrogens with two attached hydrogens (primary N) is 1. The summed E-state index contributed by atoms with van der Waals surface area (Å²) in [5.74, 6) is -1.39. The molecule has 1 heterocycles. The van der Waals surface area contributed by atoms with Gasteiger partial charge in [0.05, 0.1) is 28.7 Å². The van der Waals surface area contributed by atoms with Crippen molar-refractivity contribution < 1.29 is 23.1 Å². The number of aromatic nitrogens is 1. The van der Waals surface area contributed by atoms with Crippen LogP contribution in [-0.2, 0) is 6.18 Å². The Bertz CT molecular complexity index is 669. The summed E-state index contributed by atoms with van der Waals surface area (Å²) in [4.78, 5) is 14.9. The first-order chi connectivity index (χ1) is 9.30. The molecule has 104 valence electrons. The molecule has 2 aromatic rings. The van der Waals surface area contributed by atoms with Crippen LogP contribution in [0.4, 0.5) is 18.9 Å². The lowest BCUT2D eigenvalue weighted by atomic mass is 9.99. The topological polar surface area (TPSA) is 76.2 Å². The molecule has 0 spiro atoms. The third-order valence-electron chi connectivity index (χ3n) is 2.63. The fraction of sp³-hybridized carbons (Fsp3) is 0.0769. The highest BCUT2D eigenvalue weighted by molar-refractivity contribution is 5.96. The second-order valence-corrected chi connectivity index (χ2v) is 4.01. The molecular weight excluding hydrogens is 273 g/mol. The summed E-state index contributed by atoms with van der Waals surface area (Å²) in [5.41, 5.74) is 3.61. The minimum Gasteiger partial charge on any atom is -0.478 e. The highest BCUT2D eigenvalue weighted by Gasteiger charge is 2.34. The van der Waals surface area contributed by atoms with E-state index in [1.165, 1.54) is 18.2 Å². The van der Waals surface area contributed by atoms with Gasteiger partial charge in [-0.2, -0.15) is 13.2 Å². The molecule has 0 fully saturated rings. The standard InChI is InChI=1S/C13H9F3N2O2/c14-13(15,16)10-4-2-1-3-8(10)11-9(12(19)20)5-7(17)6-18-11/h1-6H,17H2,(H,19,20). The van der Waals surface area contributed by atoms with Gasteiger partial charge in [-0.25, -0.2) is 4.79 Å². The number of carbonyl (C=O) groups is 1. The number of pyridine rings is 1. The number of nitrogen functional groups attached to an aromatic ring is 1. The van der Waals surface area contributed by atoms with Crippen LogP contribution in [0.15, 0.2) is 36.5 Å². The molecule has 0 amide bonds. The van der Waals surface area contributed by atoms with Gasteiger partial charge in [0, 0.05) is 5.56 Å². The summed E-state index contributed by atoms with van der Waals surface area (Å²) >= 11 is 0. The summed E-state index contributed by atoms with van der Waals surface area (Å²) in [5, 5.41) is 9.07. The molecule has 0 saturated carbocycles.